The smallest absolute Gasteiger partial charge is 0.396 e. The van der Waals surface area contributed by atoms with Crippen LogP contribution in [-0.2, 0) is 11.0 Å². The lowest BCUT2D eigenvalue weighted by molar-refractivity contribution is -0.141. The molecule has 0 unspecified atom stereocenters. The summed E-state index contributed by atoms with van der Waals surface area (Å²) in [5.41, 5.74) is -0.308. The molecule has 2 N–H and O–H groups in total. The van der Waals surface area contributed by atoms with E-state index in [-0.39, 0.29) is 37.7 Å². The van der Waals surface area contributed by atoms with Gasteiger partial charge in [-0.3, -0.25) is 4.79 Å². The van der Waals surface area contributed by atoms with Gasteiger partial charge in [-0.15, -0.1) is 0 Å². The highest BCUT2D eigenvalue weighted by Crippen LogP contribution is 2.31. The molecule has 2 rings (SSSR count). The molecule has 2 atom stereocenters. The van der Waals surface area contributed by atoms with Gasteiger partial charge in [-0.05, 0) is 18.9 Å². The molecule has 0 aliphatic carbocycles. The fourth-order valence-electron chi connectivity index (χ4n) is 2.91. The largest absolute Gasteiger partial charge is 0.434 e. The summed E-state index contributed by atoms with van der Waals surface area (Å²) in [4.78, 5) is 16.2. The Morgan fingerprint density at radius 2 is 1.88 bits per heavy atom. The number of imidazole rings is 1. The Kier molecular flexibility index (Phi) is 6.55. The summed E-state index contributed by atoms with van der Waals surface area (Å²) >= 11 is 0. The molecule has 1 heterocycles. The first kappa shape index (κ1) is 20.1. The molecule has 26 heavy (non-hydrogen) atoms. The SMILES string of the molecule is Cc1nc(C(F)(F)F)cn1[C@@H](CCO)C(=O)C[C@H](CO)c1ccccc1. The predicted molar refractivity (Wildman–Crippen MR) is 88.6 cm³/mol. The molecule has 0 amide bonds. The van der Waals surface area contributed by atoms with Crippen LogP contribution in [0.4, 0.5) is 13.2 Å². The number of halogens is 3. The van der Waals surface area contributed by atoms with E-state index in [4.69, 9.17) is 0 Å². The quantitative estimate of drug-likeness (QED) is 0.749. The van der Waals surface area contributed by atoms with Gasteiger partial charge in [0.1, 0.15) is 5.82 Å². The van der Waals surface area contributed by atoms with Gasteiger partial charge in [-0.1, -0.05) is 30.3 Å². The first-order valence-electron chi connectivity index (χ1n) is 8.20. The van der Waals surface area contributed by atoms with Gasteiger partial charge in [0, 0.05) is 25.1 Å². The third-order valence-electron chi connectivity index (χ3n) is 4.26. The maximum Gasteiger partial charge on any atom is 0.434 e. The minimum atomic E-state index is -4.61. The minimum Gasteiger partial charge on any atom is -0.396 e. The van der Waals surface area contributed by atoms with E-state index in [1.807, 2.05) is 6.07 Å². The summed E-state index contributed by atoms with van der Waals surface area (Å²) in [5.74, 6) is -0.781. The molecular formula is C18H21F3N2O3. The zero-order valence-electron chi connectivity index (χ0n) is 14.3. The van der Waals surface area contributed by atoms with Gasteiger partial charge < -0.3 is 14.8 Å². The average Bonchev–Trinajstić information content (AvgIpc) is 3.00. The summed E-state index contributed by atoms with van der Waals surface area (Å²) in [6, 6.07) is 7.95. The summed E-state index contributed by atoms with van der Waals surface area (Å²) in [6.07, 6.45) is -3.89. The zero-order valence-corrected chi connectivity index (χ0v) is 14.3. The first-order valence-corrected chi connectivity index (χ1v) is 8.20. The zero-order chi connectivity index (χ0) is 19.3. The molecule has 142 valence electrons. The molecule has 0 aliphatic rings. The molecule has 0 spiro atoms. The van der Waals surface area contributed by atoms with Crippen molar-refractivity contribution in [2.75, 3.05) is 13.2 Å². The first-order chi connectivity index (χ1) is 12.3. The molecule has 0 saturated heterocycles. The van der Waals surface area contributed by atoms with E-state index in [9.17, 15) is 28.2 Å². The van der Waals surface area contributed by atoms with Crippen LogP contribution < -0.4 is 0 Å². The Morgan fingerprint density at radius 3 is 2.38 bits per heavy atom. The number of nitrogens with zero attached hydrogens (tertiary/aromatic N) is 2. The summed E-state index contributed by atoms with van der Waals surface area (Å²) in [6.45, 7) is 0.760. The highest BCUT2D eigenvalue weighted by atomic mass is 19.4. The summed E-state index contributed by atoms with van der Waals surface area (Å²) < 4.78 is 39.8. The number of aryl methyl sites for hydroxylation is 1. The fraction of sp³-hybridized carbons (Fsp3) is 0.444. The second-order valence-electron chi connectivity index (χ2n) is 6.07. The molecule has 0 fully saturated rings. The number of carbonyl (C=O) groups excluding carboxylic acids is 1. The van der Waals surface area contributed by atoms with Crippen molar-refractivity contribution in [1.82, 2.24) is 9.55 Å². The van der Waals surface area contributed by atoms with Crippen molar-refractivity contribution in [3.05, 3.63) is 53.6 Å². The predicted octanol–water partition coefficient (Wildman–Crippen LogP) is 2.87. The van der Waals surface area contributed by atoms with Gasteiger partial charge in [0.05, 0.1) is 12.6 Å². The highest BCUT2D eigenvalue weighted by Gasteiger charge is 2.36. The van der Waals surface area contributed by atoms with Gasteiger partial charge in [-0.25, -0.2) is 4.98 Å². The van der Waals surface area contributed by atoms with E-state index in [0.29, 0.717) is 0 Å². The van der Waals surface area contributed by atoms with Gasteiger partial charge in [0.15, 0.2) is 11.5 Å². The van der Waals surface area contributed by atoms with Crippen molar-refractivity contribution in [1.29, 1.82) is 0 Å². The summed E-state index contributed by atoms with van der Waals surface area (Å²) in [7, 11) is 0. The van der Waals surface area contributed by atoms with Crippen molar-refractivity contribution in [3.8, 4) is 0 Å². The number of hydrogen-bond acceptors (Lipinski definition) is 4. The van der Waals surface area contributed by atoms with E-state index < -0.39 is 23.8 Å². The van der Waals surface area contributed by atoms with Crippen LogP contribution in [-0.4, -0.2) is 38.8 Å². The lowest BCUT2D eigenvalue weighted by Crippen LogP contribution is -2.24. The molecule has 5 nitrogen and oxygen atoms in total. The Balaban J connectivity index is 2.26. The van der Waals surface area contributed by atoms with Gasteiger partial charge in [0.25, 0.3) is 0 Å². The molecule has 8 heteroatoms. The van der Waals surface area contributed by atoms with Crippen molar-refractivity contribution < 1.29 is 28.2 Å². The topological polar surface area (TPSA) is 75.3 Å². The Morgan fingerprint density at radius 1 is 1.23 bits per heavy atom. The van der Waals surface area contributed by atoms with Crippen LogP contribution in [0.15, 0.2) is 36.5 Å². The molecule has 1 aromatic heterocycles. The second-order valence-corrected chi connectivity index (χ2v) is 6.07. The third kappa shape index (κ3) is 4.70. The van der Waals surface area contributed by atoms with Crippen LogP contribution in [0, 0.1) is 6.92 Å². The second kappa shape index (κ2) is 8.46. The number of rotatable bonds is 8. The van der Waals surface area contributed by atoms with Crippen molar-refractivity contribution >= 4 is 5.78 Å². The Bertz CT molecular complexity index is 729. The standard InChI is InChI=1S/C18H21F3N2O3/c1-12-22-17(18(19,20)21)10-23(12)15(7-8-24)16(26)9-14(11-25)13-5-3-2-4-6-13/h2-6,10,14-15,24-25H,7-9,11H2,1H3/t14-,15+/m1/s1. The number of aromatic nitrogens is 2. The van der Waals surface area contributed by atoms with Crippen LogP contribution in [0.3, 0.4) is 0 Å². The number of benzene rings is 1. The number of hydrogen-bond donors (Lipinski definition) is 2. The molecular weight excluding hydrogens is 349 g/mol. The van der Waals surface area contributed by atoms with Crippen LogP contribution in [0.2, 0.25) is 0 Å². The van der Waals surface area contributed by atoms with Gasteiger partial charge in [0.2, 0.25) is 0 Å². The maximum absolute atomic E-state index is 12.9. The molecule has 1 aromatic carbocycles. The molecule has 0 bridgehead atoms. The van der Waals surface area contributed by atoms with Gasteiger partial charge >= 0.3 is 6.18 Å². The van der Waals surface area contributed by atoms with E-state index in [1.54, 1.807) is 24.3 Å². The number of aliphatic hydroxyl groups excluding tert-OH is 2. The number of alkyl halides is 3. The van der Waals surface area contributed by atoms with Crippen LogP contribution in [0.25, 0.3) is 0 Å². The van der Waals surface area contributed by atoms with E-state index >= 15 is 0 Å². The summed E-state index contributed by atoms with van der Waals surface area (Å²) in [5, 5.41) is 18.9. The number of ketones is 1. The minimum absolute atomic E-state index is 0.0275. The van der Waals surface area contributed by atoms with Crippen LogP contribution in [0.1, 0.15) is 41.9 Å². The van der Waals surface area contributed by atoms with E-state index in [0.717, 1.165) is 16.3 Å². The Labute approximate surface area is 149 Å². The van der Waals surface area contributed by atoms with Crippen molar-refractivity contribution in [3.63, 3.8) is 0 Å². The molecule has 0 radical (unpaired) electrons. The normalized spacial score (nSPS) is 14.2. The van der Waals surface area contributed by atoms with Crippen LogP contribution >= 0.6 is 0 Å². The van der Waals surface area contributed by atoms with E-state index in [2.05, 4.69) is 4.98 Å². The van der Waals surface area contributed by atoms with Crippen molar-refractivity contribution in [2.45, 2.75) is 37.9 Å². The molecule has 0 aliphatic heterocycles. The average molecular weight is 370 g/mol. The molecule has 2 aromatic rings. The van der Waals surface area contributed by atoms with Crippen LogP contribution in [0.5, 0.6) is 0 Å². The lowest BCUT2D eigenvalue weighted by Gasteiger charge is -2.21. The third-order valence-corrected chi connectivity index (χ3v) is 4.26. The lowest BCUT2D eigenvalue weighted by atomic mass is 9.91. The van der Waals surface area contributed by atoms with E-state index in [1.165, 1.54) is 6.92 Å². The van der Waals surface area contributed by atoms with Crippen molar-refractivity contribution in [2.24, 2.45) is 0 Å². The number of carbonyl (C=O) groups is 1. The highest BCUT2D eigenvalue weighted by molar-refractivity contribution is 5.83. The monoisotopic (exact) mass is 370 g/mol. The molecule has 0 saturated carbocycles. The maximum atomic E-state index is 12.9. The Hall–Kier alpha value is -2.19. The van der Waals surface area contributed by atoms with Gasteiger partial charge in [-0.2, -0.15) is 13.2 Å². The number of Topliss-reactive ketones (excluding diaryl/α,β-unsaturated/α-hetero) is 1. The fourth-order valence-corrected chi connectivity index (χ4v) is 2.91. The number of aliphatic hydroxyl groups is 2.